The molecule has 0 spiro atoms. The molecule has 25 heavy (non-hydrogen) atoms. The van der Waals surface area contributed by atoms with E-state index < -0.39 is 0 Å². The second-order valence-corrected chi connectivity index (χ2v) is 7.69. The quantitative estimate of drug-likeness (QED) is 0.613. The molecule has 2 fully saturated rings. The van der Waals surface area contributed by atoms with E-state index in [1.165, 1.54) is 37.4 Å². The van der Waals surface area contributed by atoms with E-state index in [0.717, 1.165) is 12.8 Å². The highest BCUT2D eigenvalue weighted by Crippen LogP contribution is 2.26. The Labute approximate surface area is 152 Å². The van der Waals surface area contributed by atoms with Crippen LogP contribution in [0.4, 0.5) is 0 Å². The number of carbonyl (C=O) groups is 2. The fourth-order valence-electron chi connectivity index (χ4n) is 3.59. The van der Waals surface area contributed by atoms with Gasteiger partial charge in [-0.1, -0.05) is 44.4 Å². The lowest BCUT2D eigenvalue weighted by Gasteiger charge is -2.27. The molecule has 8 heteroatoms. The fraction of sp³-hybridized carbons (Fsp3) is 0.765. The molecule has 1 aromatic heterocycles. The van der Waals surface area contributed by atoms with Crippen LogP contribution in [0.2, 0.25) is 0 Å². The molecular formula is C17H26N4O3S. The van der Waals surface area contributed by atoms with Gasteiger partial charge < -0.3 is 14.6 Å². The van der Waals surface area contributed by atoms with Crippen LogP contribution in [0.1, 0.15) is 57.8 Å². The number of amides is 2. The second-order valence-electron chi connectivity index (χ2n) is 6.76. The number of nitrogens with one attached hydrogen (secondary N) is 1. The predicted octanol–water partition coefficient (Wildman–Crippen LogP) is 2.16. The average molecular weight is 366 g/mol. The minimum Gasteiger partial charge on any atom is -0.416 e. The summed E-state index contributed by atoms with van der Waals surface area (Å²) in [6, 6.07) is 0.273. The van der Waals surface area contributed by atoms with Gasteiger partial charge in [0.2, 0.25) is 17.7 Å². The van der Waals surface area contributed by atoms with E-state index in [0.29, 0.717) is 36.5 Å². The second kappa shape index (κ2) is 8.69. The van der Waals surface area contributed by atoms with Crippen LogP contribution in [0.3, 0.4) is 0 Å². The molecule has 7 nitrogen and oxygen atoms in total. The third-order valence-electron chi connectivity index (χ3n) is 4.87. The number of rotatable bonds is 6. The van der Waals surface area contributed by atoms with E-state index in [4.69, 9.17) is 4.42 Å². The number of nitrogens with zero attached hydrogens (tertiary/aromatic N) is 3. The molecule has 2 heterocycles. The minimum atomic E-state index is -0.0956. The summed E-state index contributed by atoms with van der Waals surface area (Å²) in [6.45, 7) is 2.58. The van der Waals surface area contributed by atoms with Crippen LogP contribution >= 0.6 is 11.8 Å². The van der Waals surface area contributed by atoms with Gasteiger partial charge in [-0.2, -0.15) is 0 Å². The molecule has 1 saturated heterocycles. The van der Waals surface area contributed by atoms with Crippen LogP contribution in [0.5, 0.6) is 0 Å². The Kier molecular flexibility index (Phi) is 6.34. The zero-order valence-electron chi connectivity index (χ0n) is 14.7. The highest BCUT2D eigenvalue weighted by Gasteiger charge is 2.35. The Hall–Kier alpha value is -1.57. The first-order chi connectivity index (χ1) is 12.2. The van der Waals surface area contributed by atoms with E-state index in [9.17, 15) is 9.59 Å². The van der Waals surface area contributed by atoms with Crippen LogP contribution < -0.4 is 5.32 Å². The Morgan fingerprint density at radius 3 is 2.72 bits per heavy atom. The van der Waals surface area contributed by atoms with Gasteiger partial charge in [-0.05, 0) is 12.8 Å². The van der Waals surface area contributed by atoms with Crippen molar-refractivity contribution in [3.05, 3.63) is 5.89 Å². The smallest absolute Gasteiger partial charge is 0.277 e. The Morgan fingerprint density at radius 1 is 1.28 bits per heavy atom. The minimum absolute atomic E-state index is 0.0854. The molecular weight excluding hydrogens is 340 g/mol. The highest BCUT2D eigenvalue weighted by molar-refractivity contribution is 7.99. The normalized spacial score (nSPS) is 22.2. The molecule has 1 atom stereocenters. The van der Waals surface area contributed by atoms with Gasteiger partial charge in [-0.25, -0.2) is 0 Å². The van der Waals surface area contributed by atoms with Gasteiger partial charge in [0.05, 0.1) is 11.8 Å². The Morgan fingerprint density at radius 2 is 2.04 bits per heavy atom. The summed E-state index contributed by atoms with van der Waals surface area (Å²) in [5, 5.41) is 11.1. The fourth-order valence-corrected chi connectivity index (χ4v) is 4.18. The lowest BCUT2D eigenvalue weighted by Crippen LogP contribution is -2.41. The summed E-state index contributed by atoms with van der Waals surface area (Å²) >= 11 is 1.23. The summed E-state index contributed by atoms with van der Waals surface area (Å²) in [7, 11) is 0. The van der Waals surface area contributed by atoms with Crippen LogP contribution in [-0.2, 0) is 16.0 Å². The average Bonchev–Trinajstić information content (AvgIpc) is 3.10. The lowest BCUT2D eigenvalue weighted by molar-refractivity contribution is -0.129. The first-order valence-electron chi connectivity index (χ1n) is 9.19. The van der Waals surface area contributed by atoms with Crippen LogP contribution in [0, 0.1) is 0 Å². The molecule has 1 aliphatic heterocycles. The number of hydrogen-bond acceptors (Lipinski definition) is 6. The third-order valence-corrected chi connectivity index (χ3v) is 5.68. The van der Waals surface area contributed by atoms with Crippen molar-refractivity contribution in [2.75, 3.05) is 12.3 Å². The molecule has 0 radical (unpaired) electrons. The van der Waals surface area contributed by atoms with Crippen LogP contribution in [-0.4, -0.2) is 51.3 Å². The molecule has 1 aromatic rings. The van der Waals surface area contributed by atoms with Crippen molar-refractivity contribution in [1.29, 1.82) is 0 Å². The van der Waals surface area contributed by atoms with Gasteiger partial charge >= 0.3 is 0 Å². The summed E-state index contributed by atoms with van der Waals surface area (Å²) in [5.74, 6) is 0.874. The standard InChI is InChI=1S/C17H26N4O3S/c1-2-15-19-20-17(24-15)25-11-14(22)18-12-9-16(23)21(10-12)13-7-5-3-4-6-8-13/h12-13H,2-11H2,1H3,(H,18,22)/t12-/m0/s1. The summed E-state index contributed by atoms with van der Waals surface area (Å²) in [5.41, 5.74) is 0. The van der Waals surface area contributed by atoms with E-state index in [-0.39, 0.29) is 23.6 Å². The van der Waals surface area contributed by atoms with E-state index in [1.54, 1.807) is 0 Å². The number of carbonyl (C=O) groups excluding carboxylic acids is 2. The van der Waals surface area contributed by atoms with E-state index in [2.05, 4.69) is 15.5 Å². The zero-order chi connectivity index (χ0) is 17.6. The third kappa shape index (κ3) is 4.96. The predicted molar refractivity (Wildman–Crippen MR) is 94.2 cm³/mol. The first-order valence-corrected chi connectivity index (χ1v) is 10.2. The van der Waals surface area contributed by atoms with Crippen molar-refractivity contribution in [2.45, 2.75) is 75.6 Å². The first kappa shape index (κ1) is 18.2. The number of thioether (sulfide) groups is 1. The summed E-state index contributed by atoms with van der Waals surface area (Å²) in [4.78, 5) is 26.5. The summed E-state index contributed by atoms with van der Waals surface area (Å²) < 4.78 is 5.38. The van der Waals surface area contributed by atoms with Gasteiger partial charge in [0.25, 0.3) is 5.22 Å². The molecule has 0 bridgehead atoms. The number of aryl methyl sites for hydroxylation is 1. The Bertz CT molecular complexity index is 598. The molecule has 138 valence electrons. The number of aromatic nitrogens is 2. The van der Waals surface area contributed by atoms with E-state index in [1.807, 2.05) is 11.8 Å². The van der Waals surface area contributed by atoms with Gasteiger partial charge in [0.1, 0.15) is 0 Å². The molecule has 2 amide bonds. The number of hydrogen-bond donors (Lipinski definition) is 1. The van der Waals surface area contributed by atoms with Crippen molar-refractivity contribution >= 4 is 23.6 Å². The SMILES string of the molecule is CCc1nnc(SCC(=O)N[C@H]2CC(=O)N(C3CCCCCC3)C2)o1. The lowest BCUT2D eigenvalue weighted by atomic mass is 10.1. The maximum Gasteiger partial charge on any atom is 0.277 e. The molecule has 3 rings (SSSR count). The van der Waals surface area contributed by atoms with Crippen molar-refractivity contribution < 1.29 is 14.0 Å². The molecule has 1 aliphatic carbocycles. The molecule has 0 aromatic carbocycles. The molecule has 0 unspecified atom stereocenters. The van der Waals surface area contributed by atoms with Crippen molar-refractivity contribution in [3.63, 3.8) is 0 Å². The van der Waals surface area contributed by atoms with Gasteiger partial charge in [0, 0.05) is 25.4 Å². The maximum absolute atomic E-state index is 12.3. The van der Waals surface area contributed by atoms with Crippen molar-refractivity contribution in [1.82, 2.24) is 20.4 Å². The molecule has 2 aliphatic rings. The Balaban J connectivity index is 1.44. The highest BCUT2D eigenvalue weighted by atomic mass is 32.2. The molecule has 1 N–H and O–H groups in total. The monoisotopic (exact) mass is 366 g/mol. The summed E-state index contributed by atoms with van der Waals surface area (Å²) in [6.07, 6.45) is 8.22. The van der Waals surface area contributed by atoms with Crippen molar-refractivity contribution in [3.8, 4) is 0 Å². The van der Waals surface area contributed by atoms with Crippen LogP contribution in [0.15, 0.2) is 9.64 Å². The maximum atomic E-state index is 12.3. The van der Waals surface area contributed by atoms with Crippen LogP contribution in [0.25, 0.3) is 0 Å². The van der Waals surface area contributed by atoms with Crippen molar-refractivity contribution in [2.24, 2.45) is 0 Å². The largest absolute Gasteiger partial charge is 0.416 e. The van der Waals surface area contributed by atoms with Gasteiger partial charge in [0.15, 0.2) is 0 Å². The molecule has 1 saturated carbocycles. The topological polar surface area (TPSA) is 88.3 Å². The van der Waals surface area contributed by atoms with Gasteiger partial charge in [-0.3, -0.25) is 9.59 Å². The van der Waals surface area contributed by atoms with Gasteiger partial charge in [-0.15, -0.1) is 10.2 Å². The number of likely N-dealkylation sites (tertiary alicyclic amines) is 1. The van der Waals surface area contributed by atoms with E-state index >= 15 is 0 Å². The zero-order valence-corrected chi connectivity index (χ0v) is 15.5.